The van der Waals surface area contributed by atoms with Crippen molar-refractivity contribution in [1.29, 1.82) is 0 Å². The van der Waals surface area contributed by atoms with Crippen LogP contribution in [0.4, 0.5) is 19.0 Å². The number of benzene rings is 1. The predicted molar refractivity (Wildman–Crippen MR) is 69.6 cm³/mol. The monoisotopic (exact) mass is 302 g/mol. The Kier molecular flexibility index (Phi) is 4.25. The molecule has 0 atom stereocenters. The van der Waals surface area contributed by atoms with Crippen LogP contribution < -0.4 is 14.8 Å². The summed E-state index contributed by atoms with van der Waals surface area (Å²) < 4.78 is 51.9. The van der Waals surface area contributed by atoms with E-state index in [1.54, 1.807) is 13.1 Å². The third-order valence-corrected chi connectivity index (χ3v) is 2.57. The Bertz CT molecular complexity index is 611. The fraction of sp³-hybridized carbons (Fsp3) is 0.308. The third-order valence-electron chi connectivity index (χ3n) is 2.57. The van der Waals surface area contributed by atoms with Crippen molar-refractivity contribution >= 4 is 5.82 Å². The molecule has 0 spiro atoms. The second-order valence-electron chi connectivity index (χ2n) is 4.05. The Hall–Kier alpha value is -2.38. The van der Waals surface area contributed by atoms with Gasteiger partial charge in [0.2, 0.25) is 5.89 Å². The molecule has 0 unspecified atom stereocenters. The molecule has 8 heteroatoms. The molecule has 0 aliphatic heterocycles. The first kappa shape index (κ1) is 15.0. The van der Waals surface area contributed by atoms with Gasteiger partial charge in [-0.3, -0.25) is 0 Å². The average Bonchev–Trinajstić information content (AvgIpc) is 2.92. The molecule has 2 aromatic rings. The number of anilines is 1. The summed E-state index contributed by atoms with van der Waals surface area (Å²) in [6.45, 7) is -1.41. The molecule has 5 nitrogen and oxygen atoms in total. The van der Waals surface area contributed by atoms with Crippen molar-refractivity contribution < 1.29 is 27.1 Å². The van der Waals surface area contributed by atoms with E-state index in [0.717, 1.165) is 0 Å². The van der Waals surface area contributed by atoms with E-state index >= 15 is 0 Å². The molecule has 0 radical (unpaired) electrons. The molecule has 0 fully saturated rings. The number of alkyl halides is 3. The third kappa shape index (κ3) is 3.80. The van der Waals surface area contributed by atoms with Crippen LogP contribution in [0, 0.1) is 0 Å². The fourth-order valence-electron chi connectivity index (χ4n) is 1.60. The van der Waals surface area contributed by atoms with Gasteiger partial charge in [-0.1, -0.05) is 0 Å². The summed E-state index contributed by atoms with van der Waals surface area (Å²) in [5.74, 6) is 0.967. The van der Waals surface area contributed by atoms with E-state index in [2.05, 4.69) is 10.3 Å². The zero-order valence-corrected chi connectivity index (χ0v) is 11.3. The molecule has 1 aromatic heterocycles. The quantitative estimate of drug-likeness (QED) is 0.918. The lowest BCUT2D eigenvalue weighted by atomic mass is 10.2. The molecule has 114 valence electrons. The van der Waals surface area contributed by atoms with E-state index in [-0.39, 0.29) is 11.6 Å². The van der Waals surface area contributed by atoms with Gasteiger partial charge in [0, 0.05) is 13.1 Å². The van der Waals surface area contributed by atoms with E-state index in [1.165, 1.54) is 25.5 Å². The van der Waals surface area contributed by atoms with Crippen LogP contribution in [0.5, 0.6) is 11.5 Å². The molecule has 2 rings (SSSR count). The second-order valence-corrected chi connectivity index (χ2v) is 4.05. The summed E-state index contributed by atoms with van der Waals surface area (Å²) >= 11 is 0. The molecule has 0 aliphatic rings. The molecule has 0 amide bonds. The van der Waals surface area contributed by atoms with Crippen molar-refractivity contribution in [2.45, 2.75) is 6.18 Å². The second kappa shape index (κ2) is 5.94. The standard InChI is InChI=1S/C13H13F3N2O3/c1-17-11-6-20-12(18-11)9-4-3-8(19-2)5-10(9)21-7-13(14,15)16/h3-6,17H,7H2,1-2H3. The molecule has 1 N–H and O–H groups in total. The zero-order valence-electron chi connectivity index (χ0n) is 11.3. The lowest BCUT2D eigenvalue weighted by Gasteiger charge is -2.12. The summed E-state index contributed by atoms with van der Waals surface area (Å²) in [6, 6.07) is 4.46. The average molecular weight is 302 g/mol. The molecular weight excluding hydrogens is 289 g/mol. The van der Waals surface area contributed by atoms with Gasteiger partial charge in [0.05, 0.1) is 12.7 Å². The molecule has 0 aliphatic carbocycles. The van der Waals surface area contributed by atoms with Crippen molar-refractivity contribution in [3.05, 3.63) is 24.5 Å². The van der Waals surface area contributed by atoms with Crippen molar-refractivity contribution in [3.8, 4) is 23.0 Å². The summed E-state index contributed by atoms with van der Waals surface area (Å²) in [5.41, 5.74) is 0.307. The number of hydrogen-bond acceptors (Lipinski definition) is 5. The maximum atomic E-state index is 12.3. The van der Waals surface area contributed by atoms with Crippen LogP contribution in [0.15, 0.2) is 28.9 Å². The Morgan fingerprint density at radius 2 is 2.10 bits per heavy atom. The largest absolute Gasteiger partial charge is 0.497 e. The van der Waals surface area contributed by atoms with Crippen LogP contribution in [0.1, 0.15) is 0 Å². The number of rotatable bonds is 5. The number of aromatic nitrogens is 1. The SMILES string of the molecule is CNc1coc(-c2ccc(OC)cc2OCC(F)(F)F)n1. The van der Waals surface area contributed by atoms with Crippen molar-refractivity contribution in [1.82, 2.24) is 4.98 Å². The molecule has 0 saturated carbocycles. The highest BCUT2D eigenvalue weighted by molar-refractivity contribution is 5.65. The molecule has 1 heterocycles. The Balaban J connectivity index is 2.34. The maximum Gasteiger partial charge on any atom is 0.422 e. The smallest absolute Gasteiger partial charge is 0.422 e. The van der Waals surface area contributed by atoms with Gasteiger partial charge in [0.25, 0.3) is 0 Å². The van der Waals surface area contributed by atoms with E-state index in [0.29, 0.717) is 17.1 Å². The van der Waals surface area contributed by atoms with Gasteiger partial charge in [0.1, 0.15) is 17.8 Å². The highest BCUT2D eigenvalue weighted by Gasteiger charge is 2.29. The lowest BCUT2D eigenvalue weighted by Crippen LogP contribution is -2.19. The maximum absolute atomic E-state index is 12.3. The normalized spacial score (nSPS) is 11.3. The van der Waals surface area contributed by atoms with Crippen molar-refractivity contribution in [2.24, 2.45) is 0 Å². The first-order valence-electron chi connectivity index (χ1n) is 5.94. The number of oxazole rings is 1. The minimum atomic E-state index is -4.44. The Labute approximate surface area is 118 Å². The number of ether oxygens (including phenoxy) is 2. The summed E-state index contributed by atoms with van der Waals surface area (Å²) in [6.07, 6.45) is -3.08. The number of nitrogens with one attached hydrogen (secondary N) is 1. The van der Waals surface area contributed by atoms with Gasteiger partial charge in [0.15, 0.2) is 12.4 Å². The molecular formula is C13H13F3N2O3. The number of halogens is 3. The highest BCUT2D eigenvalue weighted by atomic mass is 19.4. The van der Waals surface area contributed by atoms with Crippen LogP contribution in [-0.2, 0) is 0 Å². The van der Waals surface area contributed by atoms with Crippen LogP contribution in [-0.4, -0.2) is 31.9 Å². The summed E-state index contributed by atoms with van der Waals surface area (Å²) in [5, 5.41) is 2.77. The van der Waals surface area contributed by atoms with Gasteiger partial charge in [-0.2, -0.15) is 18.2 Å². The van der Waals surface area contributed by atoms with Crippen LogP contribution >= 0.6 is 0 Å². The Morgan fingerprint density at radius 3 is 2.67 bits per heavy atom. The first-order valence-corrected chi connectivity index (χ1v) is 5.94. The van der Waals surface area contributed by atoms with Crippen molar-refractivity contribution in [3.63, 3.8) is 0 Å². The van der Waals surface area contributed by atoms with Gasteiger partial charge in [-0.15, -0.1) is 0 Å². The number of hydrogen-bond donors (Lipinski definition) is 1. The van der Waals surface area contributed by atoms with E-state index < -0.39 is 12.8 Å². The molecule has 1 aromatic carbocycles. The molecule has 0 bridgehead atoms. The summed E-state index contributed by atoms with van der Waals surface area (Å²) in [4.78, 5) is 4.08. The Morgan fingerprint density at radius 1 is 1.33 bits per heavy atom. The van der Waals surface area contributed by atoms with Gasteiger partial charge >= 0.3 is 6.18 Å². The highest BCUT2D eigenvalue weighted by Crippen LogP contribution is 2.34. The van der Waals surface area contributed by atoms with Crippen LogP contribution in [0.25, 0.3) is 11.5 Å². The first-order chi connectivity index (χ1) is 9.93. The minimum absolute atomic E-state index is 0.0174. The fourth-order valence-corrected chi connectivity index (χ4v) is 1.60. The number of nitrogens with zero attached hydrogens (tertiary/aromatic N) is 1. The topological polar surface area (TPSA) is 56.5 Å². The zero-order chi connectivity index (χ0) is 15.5. The van der Waals surface area contributed by atoms with Crippen LogP contribution in [0.3, 0.4) is 0 Å². The van der Waals surface area contributed by atoms with Gasteiger partial charge < -0.3 is 19.2 Å². The summed E-state index contributed by atoms with van der Waals surface area (Å²) in [7, 11) is 3.06. The minimum Gasteiger partial charge on any atom is -0.497 e. The van der Waals surface area contributed by atoms with Crippen molar-refractivity contribution in [2.75, 3.05) is 26.1 Å². The molecule has 21 heavy (non-hydrogen) atoms. The van der Waals surface area contributed by atoms with Gasteiger partial charge in [-0.25, -0.2) is 0 Å². The number of methoxy groups -OCH3 is 1. The van der Waals surface area contributed by atoms with E-state index in [1.807, 2.05) is 0 Å². The lowest BCUT2D eigenvalue weighted by molar-refractivity contribution is -0.153. The van der Waals surface area contributed by atoms with E-state index in [4.69, 9.17) is 13.9 Å². The van der Waals surface area contributed by atoms with E-state index in [9.17, 15) is 13.2 Å². The predicted octanol–water partition coefficient (Wildman–Crippen LogP) is 3.33. The molecule has 0 saturated heterocycles. The van der Waals surface area contributed by atoms with Gasteiger partial charge in [-0.05, 0) is 12.1 Å². The van der Waals surface area contributed by atoms with Crippen LogP contribution in [0.2, 0.25) is 0 Å².